The second kappa shape index (κ2) is 12.6. The Kier molecular flexibility index (Phi) is 9.22. The number of allylic oxidation sites excluding steroid dienone is 5. The van der Waals surface area contributed by atoms with E-state index in [2.05, 4.69) is 110 Å². The maximum atomic E-state index is 4.64. The first-order chi connectivity index (χ1) is 19.9. The van der Waals surface area contributed by atoms with Crippen LogP contribution in [-0.4, -0.2) is 0 Å². The van der Waals surface area contributed by atoms with Gasteiger partial charge in [-0.15, -0.1) is 0 Å². The van der Waals surface area contributed by atoms with E-state index >= 15 is 0 Å². The SMILES string of the molecule is C=C1C=CC(CC(C)(C)C)C(=C)C1CC1=Cc2cccc(-c3cc(C)cc(C)c3C[C@@H]3CC(CCCC)C[C@@H]3C)c2C1. The van der Waals surface area contributed by atoms with Crippen LogP contribution in [0.25, 0.3) is 17.2 Å². The normalized spacial score (nSPS) is 25.7. The molecule has 0 heterocycles. The molecule has 0 aromatic heterocycles. The Hall–Kier alpha value is -2.60. The van der Waals surface area contributed by atoms with E-state index in [1.165, 1.54) is 88.6 Å². The molecular formula is C42H56. The molecule has 0 aliphatic heterocycles. The van der Waals surface area contributed by atoms with E-state index in [1.807, 2.05) is 0 Å². The van der Waals surface area contributed by atoms with Gasteiger partial charge in [-0.1, -0.05) is 132 Å². The van der Waals surface area contributed by atoms with Crippen molar-refractivity contribution < 1.29 is 0 Å². The Morgan fingerprint density at radius 3 is 2.50 bits per heavy atom. The Bertz CT molecular complexity index is 1390. The van der Waals surface area contributed by atoms with Gasteiger partial charge >= 0.3 is 0 Å². The highest BCUT2D eigenvalue weighted by Crippen LogP contribution is 2.46. The number of hydrogen-bond donors (Lipinski definition) is 0. The van der Waals surface area contributed by atoms with E-state index in [0.29, 0.717) is 11.8 Å². The monoisotopic (exact) mass is 560 g/mol. The van der Waals surface area contributed by atoms with Crippen LogP contribution in [0.15, 0.2) is 72.4 Å². The fourth-order valence-electron chi connectivity index (χ4n) is 8.44. The summed E-state index contributed by atoms with van der Waals surface area (Å²) in [6.07, 6.45) is 18.5. The summed E-state index contributed by atoms with van der Waals surface area (Å²) in [4.78, 5) is 0. The van der Waals surface area contributed by atoms with Crippen LogP contribution in [0.3, 0.4) is 0 Å². The first kappa shape index (κ1) is 30.8. The molecule has 0 bridgehead atoms. The third kappa shape index (κ3) is 6.79. The Morgan fingerprint density at radius 1 is 0.976 bits per heavy atom. The van der Waals surface area contributed by atoms with Gasteiger partial charge in [0.05, 0.1) is 0 Å². The molecule has 0 N–H and O–H groups in total. The fourth-order valence-corrected chi connectivity index (χ4v) is 8.44. The minimum Gasteiger partial charge on any atom is -0.0986 e. The van der Waals surface area contributed by atoms with Crippen LogP contribution in [0.1, 0.15) is 107 Å². The molecule has 3 aliphatic rings. The molecule has 0 amide bonds. The topological polar surface area (TPSA) is 0 Å². The van der Waals surface area contributed by atoms with Gasteiger partial charge < -0.3 is 0 Å². The van der Waals surface area contributed by atoms with Gasteiger partial charge in [0.1, 0.15) is 0 Å². The summed E-state index contributed by atoms with van der Waals surface area (Å²) in [7, 11) is 0. The van der Waals surface area contributed by atoms with Crippen LogP contribution < -0.4 is 0 Å². The van der Waals surface area contributed by atoms with Crippen LogP contribution in [-0.2, 0) is 12.8 Å². The molecule has 0 heteroatoms. The van der Waals surface area contributed by atoms with E-state index in [1.54, 1.807) is 5.56 Å². The maximum Gasteiger partial charge on any atom is 0.00827 e. The molecule has 3 unspecified atom stereocenters. The summed E-state index contributed by atoms with van der Waals surface area (Å²) in [6, 6.07) is 11.9. The number of aryl methyl sites for hydroxylation is 2. The summed E-state index contributed by atoms with van der Waals surface area (Å²) < 4.78 is 0. The van der Waals surface area contributed by atoms with Crippen molar-refractivity contribution in [3.05, 3.63) is 100 Å². The molecule has 224 valence electrons. The predicted molar refractivity (Wildman–Crippen MR) is 185 cm³/mol. The lowest BCUT2D eigenvalue weighted by atomic mass is 9.71. The zero-order chi connectivity index (χ0) is 30.2. The Balaban J connectivity index is 1.38. The van der Waals surface area contributed by atoms with Crippen LogP contribution in [0, 0.1) is 48.9 Å². The third-order valence-corrected chi connectivity index (χ3v) is 10.7. The van der Waals surface area contributed by atoms with Crippen molar-refractivity contribution in [3.8, 4) is 11.1 Å². The minimum absolute atomic E-state index is 0.287. The maximum absolute atomic E-state index is 4.64. The Morgan fingerprint density at radius 2 is 1.76 bits per heavy atom. The molecule has 3 aliphatic carbocycles. The molecule has 5 rings (SSSR count). The van der Waals surface area contributed by atoms with E-state index in [9.17, 15) is 0 Å². The molecular weight excluding hydrogens is 504 g/mol. The molecule has 0 saturated heterocycles. The van der Waals surface area contributed by atoms with E-state index < -0.39 is 0 Å². The fraction of sp³-hybridized carbons (Fsp3) is 0.524. The lowest BCUT2D eigenvalue weighted by Crippen LogP contribution is -2.21. The molecule has 1 saturated carbocycles. The molecule has 2 aromatic carbocycles. The van der Waals surface area contributed by atoms with Crippen LogP contribution in [0.5, 0.6) is 0 Å². The average Bonchev–Trinajstić information content (AvgIpc) is 3.49. The van der Waals surface area contributed by atoms with Crippen molar-refractivity contribution in [3.63, 3.8) is 0 Å². The number of unbranched alkanes of at least 4 members (excludes halogenated alkanes) is 1. The highest BCUT2D eigenvalue weighted by Gasteiger charge is 2.33. The van der Waals surface area contributed by atoms with E-state index in [0.717, 1.165) is 37.0 Å². The number of fused-ring (bicyclic) bond motifs is 1. The summed E-state index contributed by atoms with van der Waals surface area (Å²) in [6.45, 7) is 25.6. The van der Waals surface area contributed by atoms with Gasteiger partial charge in [-0.25, -0.2) is 0 Å². The van der Waals surface area contributed by atoms with Crippen molar-refractivity contribution in [2.45, 2.75) is 106 Å². The lowest BCUT2D eigenvalue weighted by molar-refractivity contribution is 0.334. The summed E-state index contributed by atoms with van der Waals surface area (Å²) >= 11 is 0. The lowest BCUT2D eigenvalue weighted by Gasteiger charge is -2.33. The van der Waals surface area contributed by atoms with Crippen LogP contribution in [0.2, 0.25) is 0 Å². The first-order valence-electron chi connectivity index (χ1n) is 16.9. The molecule has 1 fully saturated rings. The van der Waals surface area contributed by atoms with Gasteiger partial charge in [-0.2, -0.15) is 0 Å². The highest BCUT2D eigenvalue weighted by atomic mass is 14.4. The molecule has 2 aromatic rings. The summed E-state index contributed by atoms with van der Waals surface area (Å²) in [5, 5.41) is 0. The summed E-state index contributed by atoms with van der Waals surface area (Å²) in [5.41, 5.74) is 14.7. The van der Waals surface area contributed by atoms with Gasteiger partial charge in [-0.05, 0) is 120 Å². The quantitative estimate of drug-likeness (QED) is 0.268. The standard InChI is InChI=1S/C42H56/c1-10-11-13-32-20-29(4)36(21-32)25-39-30(5)18-27(2)19-41(39)37-15-12-14-34-22-33(24-40(34)37)23-38-28(3)16-17-35(31(38)6)26-42(7,8)9/h12,14-19,22,29,32,35-36,38H,3,6,10-11,13,20-21,23-26H2,1-2,4-5,7-9H3/t29-,32?,35?,36-,38?/m0/s1. The van der Waals surface area contributed by atoms with E-state index in [4.69, 9.17) is 0 Å². The summed E-state index contributed by atoms with van der Waals surface area (Å²) in [5.74, 6) is 3.33. The molecule has 0 nitrogen and oxygen atoms in total. The smallest absolute Gasteiger partial charge is 0.00827 e. The van der Waals surface area contributed by atoms with Gasteiger partial charge in [-0.3, -0.25) is 0 Å². The molecule has 0 spiro atoms. The van der Waals surface area contributed by atoms with Crippen molar-refractivity contribution >= 4 is 6.08 Å². The van der Waals surface area contributed by atoms with Crippen molar-refractivity contribution in [2.24, 2.45) is 35.0 Å². The number of rotatable bonds is 9. The van der Waals surface area contributed by atoms with Gasteiger partial charge in [0.2, 0.25) is 0 Å². The second-order valence-electron chi connectivity index (χ2n) is 15.5. The van der Waals surface area contributed by atoms with Gasteiger partial charge in [0.15, 0.2) is 0 Å². The average molecular weight is 561 g/mol. The zero-order valence-corrected chi connectivity index (χ0v) is 27.8. The highest BCUT2D eigenvalue weighted by molar-refractivity contribution is 5.80. The molecule has 42 heavy (non-hydrogen) atoms. The molecule has 5 atom stereocenters. The van der Waals surface area contributed by atoms with Gasteiger partial charge in [0.25, 0.3) is 0 Å². The van der Waals surface area contributed by atoms with Crippen LogP contribution in [0.4, 0.5) is 0 Å². The Labute approximate surface area is 258 Å². The van der Waals surface area contributed by atoms with Gasteiger partial charge in [0, 0.05) is 5.92 Å². The second-order valence-corrected chi connectivity index (χ2v) is 15.5. The number of benzene rings is 2. The largest absolute Gasteiger partial charge is 0.0986 e. The zero-order valence-electron chi connectivity index (χ0n) is 27.8. The minimum atomic E-state index is 0.287. The number of hydrogen-bond acceptors (Lipinski definition) is 0. The first-order valence-corrected chi connectivity index (χ1v) is 16.9. The van der Waals surface area contributed by atoms with E-state index in [-0.39, 0.29) is 5.41 Å². The predicted octanol–water partition coefficient (Wildman–Crippen LogP) is 12.0. The van der Waals surface area contributed by atoms with Crippen molar-refractivity contribution in [1.29, 1.82) is 0 Å². The third-order valence-electron chi connectivity index (χ3n) is 10.7. The van der Waals surface area contributed by atoms with Crippen LogP contribution >= 0.6 is 0 Å². The molecule has 0 radical (unpaired) electrons. The van der Waals surface area contributed by atoms with Crippen molar-refractivity contribution in [1.82, 2.24) is 0 Å². The van der Waals surface area contributed by atoms with Crippen molar-refractivity contribution in [2.75, 3.05) is 0 Å².